The molecular formula is C54H77N7O5S. The molecule has 1 aliphatic carbocycles. The van der Waals surface area contributed by atoms with Gasteiger partial charge in [0, 0.05) is 55.8 Å². The van der Waals surface area contributed by atoms with Gasteiger partial charge in [0.2, 0.25) is 17.7 Å². The van der Waals surface area contributed by atoms with Gasteiger partial charge in [-0.15, -0.1) is 21.5 Å². The summed E-state index contributed by atoms with van der Waals surface area (Å²) in [6, 6.07) is 13.5. The number of allylic oxidation sites excluding steroid dienone is 1. The number of aromatic nitrogens is 3. The molecule has 1 saturated carbocycles. The third-order valence-electron chi connectivity index (χ3n) is 12.0. The van der Waals surface area contributed by atoms with Gasteiger partial charge < -0.3 is 20.7 Å². The molecule has 2 aromatic heterocycles. The van der Waals surface area contributed by atoms with Crippen LogP contribution in [0.3, 0.4) is 0 Å². The van der Waals surface area contributed by atoms with Crippen LogP contribution in [0.2, 0.25) is 0 Å². The molecule has 0 saturated heterocycles. The molecule has 3 heterocycles. The molecule has 2 aromatic carbocycles. The molecule has 2 unspecified atom stereocenters. The van der Waals surface area contributed by atoms with Crippen molar-refractivity contribution in [2.45, 2.75) is 165 Å². The fraction of sp³-hybridized carbons (Fsp3) is 0.500. The van der Waals surface area contributed by atoms with Crippen LogP contribution in [0.25, 0.3) is 16.3 Å². The molecule has 364 valence electrons. The molecule has 13 heteroatoms. The van der Waals surface area contributed by atoms with Gasteiger partial charge in [0.05, 0.1) is 16.9 Å². The smallest absolute Gasteiger partial charge is 0.261 e. The van der Waals surface area contributed by atoms with Crippen LogP contribution in [0.1, 0.15) is 187 Å². The van der Waals surface area contributed by atoms with Gasteiger partial charge in [-0.2, -0.15) is 0 Å². The van der Waals surface area contributed by atoms with E-state index >= 15 is 0 Å². The van der Waals surface area contributed by atoms with Crippen molar-refractivity contribution >= 4 is 58.2 Å². The van der Waals surface area contributed by atoms with Crippen LogP contribution < -0.4 is 16.0 Å². The molecule has 4 amide bonds. The minimum Gasteiger partial charge on any atom is -0.357 e. The first kappa shape index (κ1) is 55.6. The van der Waals surface area contributed by atoms with E-state index < -0.39 is 6.04 Å². The maximum absolute atomic E-state index is 13.7. The van der Waals surface area contributed by atoms with Crippen LogP contribution in [-0.2, 0) is 25.6 Å². The van der Waals surface area contributed by atoms with E-state index in [2.05, 4.69) is 110 Å². The van der Waals surface area contributed by atoms with Crippen molar-refractivity contribution in [1.82, 2.24) is 30.3 Å². The number of nitrogens with one attached hydrogen (secondary N) is 3. The Balaban J connectivity index is 0.000000333. The Morgan fingerprint density at radius 3 is 2.19 bits per heavy atom. The highest BCUT2D eigenvalue weighted by Crippen LogP contribution is 2.45. The van der Waals surface area contributed by atoms with E-state index in [0.29, 0.717) is 36.6 Å². The average Bonchev–Trinajstić information content (AvgIpc) is 3.93. The molecule has 3 N–H and O–H groups in total. The van der Waals surface area contributed by atoms with Crippen molar-refractivity contribution in [3.63, 3.8) is 0 Å². The summed E-state index contributed by atoms with van der Waals surface area (Å²) in [6.07, 6.45) is 9.67. The number of hydrogen-bond donors (Lipinski definition) is 3. The summed E-state index contributed by atoms with van der Waals surface area (Å²) in [5.74, 6) is 1.59. The standard InChI is InChI=1S/C26H34N4O5.C23H29N3S.C3H8.C2H6/c1-17(32)28-15-5-3-4-14-22(33)29-20-12-7-11-19-23(20)26(35)30(24(19)18-9-6-10-18)21(13-8-16-31)25(34)27-2;1-8-14(3)19-10-12-20(13-11-19)16(5)22-15(4)17(6)27-23(22)26-18(7)24-25-21(26)9-2;1-3-2;1-2/h7,11-12,16,21H,3-6,8-10,13-15H2,1-2H3,(H,27,34)(H,28,32)(H,29,33);10-14H,5,8-9H2,1-4,6-7H3;3H2,1-2H3;1-2H3. The number of benzene rings is 2. The number of carbonyl (C=O) groups is 5. The average molecular weight is 936 g/mol. The lowest BCUT2D eigenvalue weighted by atomic mass is 9.87. The maximum Gasteiger partial charge on any atom is 0.261 e. The number of thiophene rings is 1. The second-order valence-corrected chi connectivity index (χ2v) is 18.1. The zero-order valence-corrected chi connectivity index (χ0v) is 43.2. The summed E-state index contributed by atoms with van der Waals surface area (Å²) in [7, 11) is 1.52. The number of unbranched alkanes of at least 4 members (excludes halogenated alkanes) is 2. The summed E-state index contributed by atoms with van der Waals surface area (Å²) >= 11 is 1.80. The zero-order chi connectivity index (χ0) is 49.8. The molecular weight excluding hydrogens is 859 g/mol. The minimum atomic E-state index is -0.805. The van der Waals surface area contributed by atoms with Crippen molar-refractivity contribution in [2.75, 3.05) is 18.9 Å². The number of aldehydes is 1. The Hall–Kier alpha value is -5.69. The Bertz CT molecular complexity index is 2340. The number of aryl methyl sites for hydroxylation is 3. The molecule has 0 spiro atoms. The van der Waals surface area contributed by atoms with Crippen molar-refractivity contribution in [2.24, 2.45) is 0 Å². The molecule has 0 bridgehead atoms. The van der Waals surface area contributed by atoms with Crippen LogP contribution in [0, 0.1) is 20.8 Å². The summed E-state index contributed by atoms with van der Waals surface area (Å²) in [4.78, 5) is 63.9. The van der Waals surface area contributed by atoms with E-state index in [1.165, 1.54) is 57.4 Å². The summed E-state index contributed by atoms with van der Waals surface area (Å²) in [5.41, 5.74) is 9.53. The second kappa shape index (κ2) is 27.8. The van der Waals surface area contributed by atoms with Crippen molar-refractivity contribution in [3.05, 3.63) is 105 Å². The van der Waals surface area contributed by atoms with Crippen LogP contribution in [-0.4, -0.2) is 69.2 Å². The van der Waals surface area contributed by atoms with Crippen molar-refractivity contribution in [3.8, 4) is 5.00 Å². The summed E-state index contributed by atoms with van der Waals surface area (Å²) in [5, 5.41) is 18.1. The number of hydrogen-bond acceptors (Lipinski definition) is 8. The number of amides is 4. The van der Waals surface area contributed by atoms with Gasteiger partial charge in [-0.3, -0.25) is 28.6 Å². The van der Waals surface area contributed by atoms with Crippen LogP contribution in [0.15, 0.2) is 54.6 Å². The first-order valence-electron chi connectivity index (χ1n) is 24.4. The second-order valence-electron chi connectivity index (χ2n) is 16.9. The summed E-state index contributed by atoms with van der Waals surface area (Å²) in [6.45, 7) is 27.8. The number of anilines is 1. The molecule has 1 aliphatic heterocycles. The number of nitrogens with zero attached hydrogens (tertiary/aromatic N) is 4. The number of carbonyl (C=O) groups excluding carboxylic acids is 5. The van der Waals surface area contributed by atoms with E-state index in [4.69, 9.17) is 0 Å². The zero-order valence-electron chi connectivity index (χ0n) is 42.4. The maximum atomic E-state index is 13.7. The highest BCUT2D eigenvalue weighted by molar-refractivity contribution is 7.15. The van der Waals surface area contributed by atoms with E-state index in [9.17, 15) is 24.0 Å². The van der Waals surface area contributed by atoms with E-state index in [0.717, 1.165) is 85.3 Å². The predicted molar refractivity (Wildman–Crippen MR) is 276 cm³/mol. The van der Waals surface area contributed by atoms with E-state index in [1.807, 2.05) is 26.8 Å². The highest BCUT2D eigenvalue weighted by Gasteiger charge is 2.43. The topological polar surface area (TPSA) is 155 Å². The van der Waals surface area contributed by atoms with Gasteiger partial charge in [0.15, 0.2) is 0 Å². The monoisotopic (exact) mass is 936 g/mol. The molecule has 1 fully saturated rings. The number of fused-ring (bicyclic) bond motifs is 1. The summed E-state index contributed by atoms with van der Waals surface area (Å²) < 4.78 is 2.19. The minimum absolute atomic E-state index is 0.0690. The van der Waals surface area contributed by atoms with Gasteiger partial charge in [0.25, 0.3) is 5.91 Å². The van der Waals surface area contributed by atoms with Crippen molar-refractivity contribution in [1.29, 1.82) is 0 Å². The lowest BCUT2D eigenvalue weighted by Crippen LogP contribution is -2.46. The van der Waals surface area contributed by atoms with Gasteiger partial charge in [0.1, 0.15) is 29.0 Å². The number of rotatable bonds is 18. The van der Waals surface area contributed by atoms with E-state index in [-0.39, 0.29) is 36.5 Å². The Morgan fingerprint density at radius 2 is 1.63 bits per heavy atom. The molecule has 0 radical (unpaired) electrons. The first-order valence-corrected chi connectivity index (χ1v) is 25.2. The molecule has 67 heavy (non-hydrogen) atoms. The van der Waals surface area contributed by atoms with Gasteiger partial charge in [-0.25, -0.2) is 0 Å². The Labute approximate surface area is 404 Å². The molecule has 12 nitrogen and oxygen atoms in total. The SMILES string of the molecule is C=C(c1ccc(C(C)CC)cc1)c1c(-n2c(C)nnc2CC)sc(C)c1C.CC.CCC.CNC(=O)C(CCC=O)N1C(=O)c2c(NC(=O)CCCCCNC(C)=O)cccc2C1=C1CCC1. The normalized spacial score (nSPS) is 13.3. The fourth-order valence-corrected chi connectivity index (χ4v) is 9.19. The predicted octanol–water partition coefficient (Wildman–Crippen LogP) is 11.6. The fourth-order valence-electron chi connectivity index (χ4n) is 7.93. The van der Waals surface area contributed by atoms with Gasteiger partial charge in [-0.1, -0.05) is 104 Å². The third-order valence-corrected chi connectivity index (χ3v) is 13.1. The lowest BCUT2D eigenvalue weighted by molar-refractivity contribution is -0.124. The third kappa shape index (κ3) is 14.2. The van der Waals surface area contributed by atoms with Crippen LogP contribution in [0.4, 0.5) is 5.69 Å². The van der Waals surface area contributed by atoms with Crippen molar-refractivity contribution < 1.29 is 24.0 Å². The quantitative estimate of drug-likeness (QED) is 0.0662. The Morgan fingerprint density at radius 1 is 0.955 bits per heavy atom. The Kier molecular flexibility index (Phi) is 23.1. The number of likely N-dealkylation sites (N-methyl/N-ethyl adjacent to an activating group) is 1. The van der Waals surface area contributed by atoms with Gasteiger partial charge in [-0.05, 0) is 106 Å². The molecule has 4 aromatic rings. The first-order chi connectivity index (χ1) is 32.2. The van der Waals surface area contributed by atoms with Gasteiger partial charge >= 0.3 is 0 Å². The van der Waals surface area contributed by atoms with Crippen LogP contribution in [0.5, 0.6) is 0 Å². The molecule has 2 atom stereocenters. The molecule has 2 aliphatic rings. The largest absolute Gasteiger partial charge is 0.357 e. The molecule has 6 rings (SSSR count). The van der Waals surface area contributed by atoms with Crippen LogP contribution >= 0.6 is 11.3 Å². The van der Waals surface area contributed by atoms with E-state index in [1.54, 1.807) is 23.5 Å². The lowest BCUT2D eigenvalue weighted by Gasteiger charge is -2.31. The highest BCUT2D eigenvalue weighted by atomic mass is 32.1.